The van der Waals surface area contributed by atoms with E-state index in [1.807, 2.05) is 24.3 Å². The van der Waals surface area contributed by atoms with Crippen LogP contribution >= 0.6 is 35.6 Å². The van der Waals surface area contributed by atoms with Gasteiger partial charge in [-0.25, -0.2) is 4.98 Å². The van der Waals surface area contributed by atoms with Crippen molar-refractivity contribution in [1.29, 1.82) is 0 Å². The molecule has 0 aliphatic carbocycles. The van der Waals surface area contributed by atoms with Crippen molar-refractivity contribution in [2.75, 3.05) is 31.1 Å². The number of rotatable bonds is 4. The minimum absolute atomic E-state index is 0. The van der Waals surface area contributed by atoms with Gasteiger partial charge in [-0.05, 0) is 17.7 Å². The molecule has 0 amide bonds. The molecule has 124 valence electrons. The van der Waals surface area contributed by atoms with Crippen molar-refractivity contribution in [3.05, 3.63) is 46.2 Å². The first-order chi connectivity index (χ1) is 10.7. The Kier molecular flexibility index (Phi) is 6.72. The summed E-state index contributed by atoms with van der Waals surface area (Å²) in [5.41, 5.74) is 0.980. The van der Waals surface area contributed by atoms with E-state index in [4.69, 9.17) is 27.9 Å². The van der Waals surface area contributed by atoms with E-state index in [2.05, 4.69) is 20.2 Å². The Bertz CT molecular complexity index is 650. The van der Waals surface area contributed by atoms with E-state index < -0.39 is 0 Å². The molecule has 1 fully saturated rings. The largest absolute Gasteiger partial charge is 0.472 e. The lowest BCUT2D eigenvalue weighted by Crippen LogP contribution is -2.44. The molecule has 1 aliphatic heterocycles. The van der Waals surface area contributed by atoms with Gasteiger partial charge in [-0.2, -0.15) is 4.98 Å². The summed E-state index contributed by atoms with van der Waals surface area (Å²) in [6.07, 6.45) is 1.54. The normalized spacial score (nSPS) is 14.3. The van der Waals surface area contributed by atoms with Gasteiger partial charge in [0.25, 0.3) is 0 Å². The number of hydrogen-bond acceptors (Lipinski definition) is 5. The van der Waals surface area contributed by atoms with Crippen molar-refractivity contribution in [3.8, 4) is 5.88 Å². The summed E-state index contributed by atoms with van der Waals surface area (Å²) in [5.74, 6) is 1.13. The zero-order valence-corrected chi connectivity index (χ0v) is 14.7. The summed E-state index contributed by atoms with van der Waals surface area (Å²) in [6, 6.07) is 7.53. The molecule has 8 heteroatoms. The van der Waals surface area contributed by atoms with Crippen LogP contribution in [0.15, 0.2) is 30.5 Å². The molecule has 1 aromatic carbocycles. The Morgan fingerprint density at radius 2 is 2.00 bits per heavy atom. The summed E-state index contributed by atoms with van der Waals surface area (Å²) in [4.78, 5) is 10.8. The standard InChI is InChI=1S/C15H16Cl2N4O.ClH/c16-12-3-1-2-11(8-12)10-22-13-9-19-14(17)15(20-13)21-6-4-18-5-7-21;/h1-3,8-9,18H,4-7,10H2;1H. The van der Waals surface area contributed by atoms with Crippen LogP contribution < -0.4 is 15.0 Å². The first-order valence-corrected chi connectivity index (χ1v) is 7.83. The number of hydrogen-bond donors (Lipinski definition) is 1. The fraction of sp³-hybridized carbons (Fsp3) is 0.333. The maximum Gasteiger partial charge on any atom is 0.234 e. The van der Waals surface area contributed by atoms with Gasteiger partial charge in [0.1, 0.15) is 6.61 Å². The van der Waals surface area contributed by atoms with Gasteiger partial charge < -0.3 is 15.0 Å². The highest BCUT2D eigenvalue weighted by molar-refractivity contribution is 6.31. The summed E-state index contributed by atoms with van der Waals surface area (Å²) in [7, 11) is 0. The van der Waals surface area contributed by atoms with Gasteiger partial charge in [0.2, 0.25) is 5.88 Å². The van der Waals surface area contributed by atoms with E-state index in [0.717, 1.165) is 31.7 Å². The minimum Gasteiger partial charge on any atom is -0.472 e. The second kappa shape index (κ2) is 8.55. The maximum absolute atomic E-state index is 6.16. The molecule has 0 unspecified atom stereocenters. The molecule has 0 atom stereocenters. The Morgan fingerprint density at radius 1 is 1.22 bits per heavy atom. The molecule has 0 saturated carbocycles. The fourth-order valence-electron chi connectivity index (χ4n) is 2.28. The molecule has 23 heavy (non-hydrogen) atoms. The number of benzene rings is 1. The third-order valence-corrected chi connectivity index (χ3v) is 3.88. The molecular weight excluding hydrogens is 359 g/mol. The van der Waals surface area contributed by atoms with Crippen molar-refractivity contribution in [1.82, 2.24) is 15.3 Å². The molecule has 2 heterocycles. The number of aromatic nitrogens is 2. The summed E-state index contributed by atoms with van der Waals surface area (Å²) >= 11 is 12.1. The third-order valence-electron chi connectivity index (χ3n) is 3.38. The second-order valence-electron chi connectivity index (χ2n) is 4.98. The molecule has 0 bridgehead atoms. The van der Waals surface area contributed by atoms with Crippen LogP contribution in [-0.2, 0) is 6.61 Å². The fourth-order valence-corrected chi connectivity index (χ4v) is 2.70. The van der Waals surface area contributed by atoms with Crippen LogP contribution in [0.3, 0.4) is 0 Å². The van der Waals surface area contributed by atoms with Crippen LogP contribution in [0.1, 0.15) is 5.56 Å². The molecule has 0 spiro atoms. The summed E-state index contributed by atoms with van der Waals surface area (Å²) < 4.78 is 5.70. The van der Waals surface area contributed by atoms with E-state index in [0.29, 0.717) is 28.5 Å². The highest BCUT2D eigenvalue weighted by atomic mass is 35.5. The molecule has 3 rings (SSSR count). The van der Waals surface area contributed by atoms with Crippen LogP contribution in [0, 0.1) is 0 Å². The molecule has 2 aromatic rings. The van der Waals surface area contributed by atoms with Crippen molar-refractivity contribution in [2.24, 2.45) is 0 Å². The third kappa shape index (κ3) is 4.85. The zero-order valence-electron chi connectivity index (χ0n) is 12.3. The monoisotopic (exact) mass is 374 g/mol. The number of piperazine rings is 1. The molecule has 0 radical (unpaired) electrons. The predicted molar refractivity (Wildman–Crippen MR) is 95.2 cm³/mol. The van der Waals surface area contributed by atoms with Gasteiger partial charge in [0, 0.05) is 31.2 Å². The van der Waals surface area contributed by atoms with Crippen LogP contribution in [0.2, 0.25) is 10.2 Å². The van der Waals surface area contributed by atoms with Gasteiger partial charge >= 0.3 is 0 Å². The number of nitrogens with zero attached hydrogens (tertiary/aromatic N) is 3. The van der Waals surface area contributed by atoms with E-state index >= 15 is 0 Å². The molecule has 1 aromatic heterocycles. The Labute approximate surface area is 151 Å². The number of anilines is 1. The number of nitrogens with one attached hydrogen (secondary N) is 1. The van der Waals surface area contributed by atoms with Crippen molar-refractivity contribution in [2.45, 2.75) is 6.61 Å². The first kappa shape index (κ1) is 18.1. The quantitative estimate of drug-likeness (QED) is 0.889. The van der Waals surface area contributed by atoms with E-state index in [1.54, 1.807) is 6.20 Å². The summed E-state index contributed by atoms with van der Waals surface area (Å²) in [6.45, 7) is 3.91. The SMILES string of the molecule is Cl.Clc1cccc(COc2cnc(Cl)c(N3CCNCC3)n2)c1. The molecule has 1 saturated heterocycles. The lowest BCUT2D eigenvalue weighted by molar-refractivity contribution is 0.292. The maximum atomic E-state index is 6.16. The topological polar surface area (TPSA) is 50.3 Å². The van der Waals surface area contributed by atoms with Crippen LogP contribution in [0.25, 0.3) is 0 Å². The molecule has 5 nitrogen and oxygen atoms in total. The van der Waals surface area contributed by atoms with Gasteiger partial charge in [-0.3, -0.25) is 0 Å². The van der Waals surface area contributed by atoms with Crippen LogP contribution in [0.5, 0.6) is 5.88 Å². The minimum atomic E-state index is 0. The number of ether oxygens (including phenoxy) is 1. The van der Waals surface area contributed by atoms with Gasteiger partial charge in [-0.15, -0.1) is 12.4 Å². The average Bonchev–Trinajstić information content (AvgIpc) is 2.55. The molecule has 1 aliphatic rings. The molecular formula is C15H17Cl3N4O. The van der Waals surface area contributed by atoms with Crippen LogP contribution in [0.4, 0.5) is 5.82 Å². The first-order valence-electron chi connectivity index (χ1n) is 7.08. The van der Waals surface area contributed by atoms with E-state index in [1.165, 1.54) is 0 Å². The Balaban J connectivity index is 0.00000192. The Hall–Kier alpha value is -1.27. The average molecular weight is 376 g/mol. The lowest BCUT2D eigenvalue weighted by atomic mass is 10.2. The smallest absolute Gasteiger partial charge is 0.234 e. The predicted octanol–water partition coefficient (Wildman–Crippen LogP) is 3.19. The highest BCUT2D eigenvalue weighted by Gasteiger charge is 2.17. The van der Waals surface area contributed by atoms with Crippen LogP contribution in [-0.4, -0.2) is 36.1 Å². The Morgan fingerprint density at radius 3 is 2.74 bits per heavy atom. The number of halogens is 3. The van der Waals surface area contributed by atoms with Gasteiger partial charge in [-0.1, -0.05) is 35.3 Å². The molecule has 1 N–H and O–H groups in total. The van der Waals surface area contributed by atoms with Crippen molar-refractivity contribution < 1.29 is 4.74 Å². The van der Waals surface area contributed by atoms with E-state index in [9.17, 15) is 0 Å². The van der Waals surface area contributed by atoms with Gasteiger partial charge in [0.05, 0.1) is 6.20 Å². The van der Waals surface area contributed by atoms with Crippen molar-refractivity contribution >= 4 is 41.4 Å². The lowest BCUT2D eigenvalue weighted by Gasteiger charge is -2.28. The van der Waals surface area contributed by atoms with E-state index in [-0.39, 0.29) is 12.4 Å². The zero-order chi connectivity index (χ0) is 15.4. The summed E-state index contributed by atoms with van der Waals surface area (Å²) in [5, 5.41) is 4.38. The van der Waals surface area contributed by atoms with Crippen molar-refractivity contribution in [3.63, 3.8) is 0 Å². The highest BCUT2D eigenvalue weighted by Crippen LogP contribution is 2.24. The second-order valence-corrected chi connectivity index (χ2v) is 5.77. The van der Waals surface area contributed by atoms with Gasteiger partial charge in [0.15, 0.2) is 11.0 Å².